The average Bonchev–Trinajstić information content (AvgIpc) is 3.38. The van der Waals surface area contributed by atoms with Crippen LogP contribution in [0.15, 0.2) is 47.8 Å². The van der Waals surface area contributed by atoms with Gasteiger partial charge >= 0.3 is 5.69 Å². The molecule has 1 saturated heterocycles. The Kier molecular flexibility index (Phi) is 5.22. The molecule has 0 aliphatic carbocycles. The molecule has 0 spiro atoms. The predicted molar refractivity (Wildman–Crippen MR) is 132 cm³/mol. The Labute approximate surface area is 204 Å². The van der Waals surface area contributed by atoms with Crippen LogP contribution in [0.3, 0.4) is 0 Å². The molecule has 1 aromatic carbocycles. The first-order valence-corrected chi connectivity index (χ1v) is 11.5. The van der Waals surface area contributed by atoms with E-state index in [1.54, 1.807) is 37.3 Å². The van der Waals surface area contributed by atoms with Crippen molar-refractivity contribution in [1.82, 2.24) is 34.2 Å². The number of benzene rings is 1. The highest BCUT2D eigenvalue weighted by Gasteiger charge is 2.22. The van der Waals surface area contributed by atoms with E-state index >= 15 is 4.39 Å². The van der Waals surface area contributed by atoms with Crippen LogP contribution in [0.1, 0.15) is 0 Å². The van der Waals surface area contributed by atoms with Crippen molar-refractivity contribution < 1.29 is 13.9 Å². The maximum atomic E-state index is 15.4. The largest absolute Gasteiger partial charge is 0.496 e. The zero-order valence-corrected chi connectivity index (χ0v) is 20.0. The van der Waals surface area contributed by atoms with Crippen molar-refractivity contribution in [3.05, 3.63) is 59.3 Å². The van der Waals surface area contributed by atoms with Gasteiger partial charge < -0.3 is 14.8 Å². The summed E-state index contributed by atoms with van der Waals surface area (Å²) in [6.45, 7) is 2.25. The standard InChI is InChI=1S/C25H24FN7O3/c1-31-12-15(9-30-31)17-5-18-20(6-22(17)35-3)28-11-21-23(18)33(25(34)32(21)2)24-19(26)4-16(10-29-24)36-13-14-7-27-8-14/h4-6,9-12,14,27H,7-8,13H2,1-3H3. The molecule has 36 heavy (non-hydrogen) atoms. The molecular weight excluding hydrogens is 465 g/mol. The topological polar surface area (TPSA) is 101 Å². The number of aromatic nitrogens is 6. The van der Waals surface area contributed by atoms with Gasteiger partial charge in [0.1, 0.15) is 11.5 Å². The van der Waals surface area contributed by atoms with E-state index in [0.717, 1.165) is 24.2 Å². The van der Waals surface area contributed by atoms with Crippen molar-refractivity contribution in [2.24, 2.45) is 20.0 Å². The second-order valence-corrected chi connectivity index (χ2v) is 8.95. The van der Waals surface area contributed by atoms with Crippen molar-refractivity contribution in [3.8, 4) is 28.4 Å². The molecule has 1 N–H and O–H groups in total. The molecule has 5 aromatic rings. The van der Waals surface area contributed by atoms with E-state index in [9.17, 15) is 4.79 Å². The predicted octanol–water partition coefficient (Wildman–Crippen LogP) is 2.42. The highest BCUT2D eigenvalue weighted by atomic mass is 19.1. The van der Waals surface area contributed by atoms with Crippen LogP contribution in [0.25, 0.3) is 38.9 Å². The van der Waals surface area contributed by atoms with Crippen molar-refractivity contribution in [2.45, 2.75) is 0 Å². The van der Waals surface area contributed by atoms with Gasteiger partial charge in [-0.15, -0.1) is 0 Å². The van der Waals surface area contributed by atoms with E-state index in [-0.39, 0.29) is 5.82 Å². The number of fused-ring (bicyclic) bond motifs is 3. The van der Waals surface area contributed by atoms with Gasteiger partial charge in [0.05, 0.1) is 48.9 Å². The summed E-state index contributed by atoms with van der Waals surface area (Å²) in [5.74, 6) is 0.582. The Balaban J connectivity index is 1.55. The summed E-state index contributed by atoms with van der Waals surface area (Å²) in [5.41, 5.74) is 2.83. The lowest BCUT2D eigenvalue weighted by atomic mass is 10.0. The molecule has 4 aromatic heterocycles. The number of rotatable bonds is 6. The molecule has 0 saturated carbocycles. The zero-order valence-electron chi connectivity index (χ0n) is 20.0. The molecule has 0 unspecified atom stereocenters. The molecule has 11 heteroatoms. The van der Waals surface area contributed by atoms with Gasteiger partial charge in [-0.05, 0) is 6.07 Å². The third-order valence-electron chi connectivity index (χ3n) is 6.58. The molecule has 184 valence electrons. The summed E-state index contributed by atoms with van der Waals surface area (Å²) >= 11 is 0. The van der Waals surface area contributed by atoms with Gasteiger partial charge in [0.25, 0.3) is 0 Å². The number of halogens is 1. The number of nitrogens with one attached hydrogen (secondary N) is 1. The third-order valence-corrected chi connectivity index (χ3v) is 6.58. The van der Waals surface area contributed by atoms with Crippen LogP contribution in [-0.4, -0.2) is 55.7 Å². The van der Waals surface area contributed by atoms with Crippen LogP contribution in [0.2, 0.25) is 0 Å². The number of hydrogen-bond acceptors (Lipinski definition) is 7. The van der Waals surface area contributed by atoms with Crippen molar-refractivity contribution in [2.75, 3.05) is 26.8 Å². The molecule has 0 radical (unpaired) electrons. The van der Waals surface area contributed by atoms with Gasteiger partial charge in [0.2, 0.25) is 0 Å². The highest BCUT2D eigenvalue weighted by molar-refractivity contribution is 6.05. The van der Waals surface area contributed by atoms with Crippen LogP contribution < -0.4 is 20.5 Å². The third kappa shape index (κ3) is 3.51. The summed E-state index contributed by atoms with van der Waals surface area (Å²) in [5, 5.41) is 8.09. The van der Waals surface area contributed by atoms with Crippen LogP contribution >= 0.6 is 0 Å². The van der Waals surface area contributed by atoms with E-state index in [0.29, 0.717) is 46.0 Å². The van der Waals surface area contributed by atoms with Crippen molar-refractivity contribution >= 4 is 21.9 Å². The zero-order chi connectivity index (χ0) is 25.0. The second kappa shape index (κ2) is 8.45. The number of methoxy groups -OCH3 is 1. The number of imidazole rings is 1. The normalized spacial score (nSPS) is 13.9. The molecule has 0 amide bonds. The molecule has 0 bridgehead atoms. The lowest BCUT2D eigenvalue weighted by molar-refractivity contribution is 0.198. The van der Waals surface area contributed by atoms with E-state index < -0.39 is 11.5 Å². The first-order valence-electron chi connectivity index (χ1n) is 11.5. The SMILES string of the molecule is COc1cc2ncc3c(c2cc1-c1cnn(C)c1)n(-c1ncc(OCC2CNC2)cc1F)c(=O)n3C. The number of pyridine rings is 2. The summed E-state index contributed by atoms with van der Waals surface area (Å²) in [6.07, 6.45) is 6.65. The summed E-state index contributed by atoms with van der Waals surface area (Å²) < 4.78 is 31.1. The smallest absolute Gasteiger partial charge is 0.334 e. The molecule has 10 nitrogen and oxygen atoms in total. The number of aryl methyl sites for hydroxylation is 2. The van der Waals surface area contributed by atoms with Gasteiger partial charge in [-0.3, -0.25) is 14.2 Å². The van der Waals surface area contributed by atoms with E-state index in [4.69, 9.17) is 9.47 Å². The molecule has 1 fully saturated rings. The summed E-state index contributed by atoms with van der Waals surface area (Å²) in [7, 11) is 5.04. The first-order chi connectivity index (χ1) is 17.4. The second-order valence-electron chi connectivity index (χ2n) is 8.95. The first kappa shape index (κ1) is 22.2. The molecule has 1 aliphatic heterocycles. The lowest BCUT2D eigenvalue weighted by Gasteiger charge is -2.26. The fourth-order valence-electron chi connectivity index (χ4n) is 4.51. The minimum atomic E-state index is -0.653. The van der Waals surface area contributed by atoms with Gasteiger partial charge in [-0.25, -0.2) is 18.7 Å². The number of ether oxygens (including phenoxy) is 2. The van der Waals surface area contributed by atoms with E-state index in [1.165, 1.54) is 21.4 Å². The van der Waals surface area contributed by atoms with E-state index in [2.05, 4.69) is 20.4 Å². The Morgan fingerprint density at radius 3 is 2.64 bits per heavy atom. The maximum Gasteiger partial charge on any atom is 0.334 e. The van der Waals surface area contributed by atoms with E-state index in [1.807, 2.05) is 19.3 Å². The number of hydrogen-bond donors (Lipinski definition) is 1. The summed E-state index contributed by atoms with van der Waals surface area (Å²) in [4.78, 5) is 22.2. The van der Waals surface area contributed by atoms with Gasteiger partial charge in [-0.2, -0.15) is 5.10 Å². The Morgan fingerprint density at radius 1 is 1.14 bits per heavy atom. The summed E-state index contributed by atoms with van der Waals surface area (Å²) in [6, 6.07) is 4.96. The van der Waals surface area contributed by atoms with Gasteiger partial charge in [0, 0.05) is 67.9 Å². The fourth-order valence-corrected chi connectivity index (χ4v) is 4.51. The minimum absolute atomic E-state index is 0.102. The monoisotopic (exact) mass is 489 g/mol. The van der Waals surface area contributed by atoms with Crippen molar-refractivity contribution in [1.29, 1.82) is 0 Å². The van der Waals surface area contributed by atoms with Crippen molar-refractivity contribution in [3.63, 3.8) is 0 Å². The minimum Gasteiger partial charge on any atom is -0.496 e. The maximum absolute atomic E-state index is 15.4. The van der Waals surface area contributed by atoms with Crippen LogP contribution in [0, 0.1) is 11.7 Å². The van der Waals surface area contributed by atoms with Crippen LogP contribution in [0.5, 0.6) is 11.5 Å². The number of nitrogens with zero attached hydrogens (tertiary/aromatic N) is 6. The molecule has 5 heterocycles. The fraction of sp³-hybridized carbons (Fsp3) is 0.280. The average molecular weight is 490 g/mol. The molecule has 6 rings (SSSR count). The Bertz CT molecular complexity index is 1680. The van der Waals surface area contributed by atoms with Gasteiger partial charge in [0.15, 0.2) is 11.6 Å². The molecule has 0 atom stereocenters. The Hall–Kier alpha value is -4.25. The molecule has 1 aliphatic rings. The van der Waals surface area contributed by atoms with Gasteiger partial charge in [-0.1, -0.05) is 0 Å². The quantitative estimate of drug-likeness (QED) is 0.391. The molecular formula is C25H24FN7O3. The highest BCUT2D eigenvalue weighted by Crippen LogP contribution is 2.36. The van der Waals surface area contributed by atoms with Crippen LogP contribution in [-0.2, 0) is 14.1 Å². The lowest BCUT2D eigenvalue weighted by Crippen LogP contribution is -2.45. The Morgan fingerprint density at radius 2 is 1.97 bits per heavy atom. The van der Waals surface area contributed by atoms with Crippen LogP contribution in [0.4, 0.5) is 4.39 Å².